The van der Waals surface area contributed by atoms with Gasteiger partial charge >= 0.3 is 0 Å². The van der Waals surface area contributed by atoms with Gasteiger partial charge in [0, 0.05) is 24.5 Å². The van der Waals surface area contributed by atoms with Crippen molar-refractivity contribution in [3.8, 4) is 0 Å². The van der Waals surface area contributed by atoms with Crippen LogP contribution in [0.1, 0.15) is 12.0 Å². The highest BCUT2D eigenvalue weighted by Gasteiger charge is 2.66. The van der Waals surface area contributed by atoms with Gasteiger partial charge in [0.25, 0.3) is 0 Å². The molecule has 2 amide bonds. The SMILES string of the molecule is C[NH+]1CC[NH+](CCCNC(=O)C2C3C=CC4(CN(Cc5ccccc5Cl)C(=O)C24)O3)CC1. The first kappa shape index (κ1) is 21.9. The topological polar surface area (TPSA) is 67.5 Å². The van der Waals surface area contributed by atoms with E-state index >= 15 is 0 Å². The molecule has 3 fully saturated rings. The third-order valence-electron chi connectivity index (χ3n) is 7.62. The first-order valence-electron chi connectivity index (χ1n) is 11.8. The first-order chi connectivity index (χ1) is 15.5. The Kier molecular flexibility index (Phi) is 6.01. The highest BCUT2D eigenvalue weighted by molar-refractivity contribution is 6.31. The maximum absolute atomic E-state index is 13.3. The molecule has 8 heteroatoms. The molecule has 4 heterocycles. The lowest BCUT2D eigenvalue weighted by molar-refractivity contribution is -1.00. The van der Waals surface area contributed by atoms with Crippen molar-refractivity contribution in [2.24, 2.45) is 11.8 Å². The summed E-state index contributed by atoms with van der Waals surface area (Å²) in [5.74, 6) is -0.979. The number of nitrogens with zero attached hydrogens (tertiary/aromatic N) is 1. The summed E-state index contributed by atoms with van der Waals surface area (Å²) in [5, 5.41) is 3.75. The van der Waals surface area contributed by atoms with E-state index < -0.39 is 17.4 Å². The Hall–Kier alpha value is -1.93. The van der Waals surface area contributed by atoms with E-state index in [-0.39, 0.29) is 17.9 Å². The van der Waals surface area contributed by atoms with E-state index in [0.717, 1.165) is 18.5 Å². The Bertz CT molecular complexity index is 916. The normalized spacial score (nSPS) is 35.4. The maximum atomic E-state index is 13.3. The number of hydrogen-bond donors (Lipinski definition) is 3. The lowest BCUT2D eigenvalue weighted by Crippen LogP contribution is -3.27. The van der Waals surface area contributed by atoms with Gasteiger partial charge in [-0.1, -0.05) is 42.0 Å². The third kappa shape index (κ3) is 3.96. The van der Waals surface area contributed by atoms with E-state index in [1.807, 2.05) is 36.4 Å². The summed E-state index contributed by atoms with van der Waals surface area (Å²) in [6.07, 6.45) is 4.60. The van der Waals surface area contributed by atoms with Gasteiger partial charge in [0.15, 0.2) is 0 Å². The van der Waals surface area contributed by atoms with Gasteiger partial charge in [-0.15, -0.1) is 0 Å². The Morgan fingerprint density at radius 3 is 2.84 bits per heavy atom. The fourth-order valence-electron chi connectivity index (χ4n) is 5.79. The van der Waals surface area contributed by atoms with Crippen LogP contribution in [0.15, 0.2) is 36.4 Å². The number of likely N-dealkylation sites (tertiary alicyclic amines) is 1. The summed E-state index contributed by atoms with van der Waals surface area (Å²) in [5.41, 5.74) is 0.226. The summed E-state index contributed by atoms with van der Waals surface area (Å²) < 4.78 is 6.22. The van der Waals surface area contributed by atoms with Gasteiger partial charge in [0.1, 0.15) is 31.8 Å². The predicted octanol–water partition coefficient (Wildman–Crippen LogP) is -1.46. The molecule has 4 aliphatic rings. The Labute approximate surface area is 194 Å². The molecule has 1 aromatic rings. The second-order valence-corrected chi connectivity index (χ2v) is 10.2. The molecule has 4 unspecified atom stereocenters. The fourth-order valence-corrected chi connectivity index (χ4v) is 5.99. The molecule has 3 saturated heterocycles. The molecule has 1 aromatic carbocycles. The molecule has 5 rings (SSSR count). The molecule has 0 aliphatic carbocycles. The third-order valence-corrected chi connectivity index (χ3v) is 7.99. The zero-order valence-electron chi connectivity index (χ0n) is 18.6. The number of carbonyl (C=O) groups excluding carboxylic acids is 2. The summed E-state index contributed by atoms with van der Waals surface area (Å²) >= 11 is 6.31. The lowest BCUT2D eigenvalue weighted by Gasteiger charge is -2.27. The number of fused-ring (bicyclic) bond motifs is 1. The first-order valence-corrected chi connectivity index (χ1v) is 12.2. The Balaban J connectivity index is 1.18. The van der Waals surface area contributed by atoms with Crippen LogP contribution >= 0.6 is 11.6 Å². The molecule has 4 atom stereocenters. The second-order valence-electron chi connectivity index (χ2n) is 9.79. The number of carbonyl (C=O) groups is 2. The van der Waals surface area contributed by atoms with Crippen LogP contribution in [0.5, 0.6) is 0 Å². The van der Waals surface area contributed by atoms with Gasteiger partial charge in [0.2, 0.25) is 11.8 Å². The number of ether oxygens (including phenoxy) is 1. The molecular formula is C24H33ClN4O3+2. The van der Waals surface area contributed by atoms with E-state index in [1.54, 1.807) is 14.7 Å². The van der Waals surface area contributed by atoms with Crippen molar-refractivity contribution in [1.82, 2.24) is 10.2 Å². The van der Waals surface area contributed by atoms with Crippen molar-refractivity contribution in [2.45, 2.75) is 24.7 Å². The van der Waals surface area contributed by atoms with Gasteiger partial charge in [-0.3, -0.25) is 9.59 Å². The molecule has 2 bridgehead atoms. The maximum Gasteiger partial charge on any atom is 0.230 e. The summed E-state index contributed by atoms with van der Waals surface area (Å²) in [7, 11) is 2.25. The summed E-state index contributed by atoms with van der Waals surface area (Å²) in [6, 6.07) is 7.57. The van der Waals surface area contributed by atoms with Crippen LogP contribution in [-0.4, -0.2) is 81.3 Å². The quantitative estimate of drug-likeness (QED) is 0.344. The molecular weight excluding hydrogens is 428 g/mol. The number of rotatable bonds is 7. The molecule has 3 N–H and O–H groups in total. The standard InChI is InChI=1S/C24H31ClN4O3/c1-27-11-13-28(14-12-27)10-4-9-26-22(30)20-19-7-8-24(32-19)16-29(23(31)21(20)24)15-17-5-2-3-6-18(17)25/h2-3,5-8,19-21H,4,9-16H2,1H3,(H,26,30)/p+2. The number of nitrogens with one attached hydrogen (secondary N) is 3. The number of amides is 2. The monoisotopic (exact) mass is 460 g/mol. The molecule has 1 spiro atoms. The van der Waals surface area contributed by atoms with Crippen molar-refractivity contribution >= 4 is 23.4 Å². The van der Waals surface area contributed by atoms with Crippen LogP contribution < -0.4 is 15.1 Å². The van der Waals surface area contributed by atoms with Crippen molar-refractivity contribution < 1.29 is 24.1 Å². The van der Waals surface area contributed by atoms with Crippen LogP contribution in [0.4, 0.5) is 0 Å². The fraction of sp³-hybridized carbons (Fsp3) is 0.583. The van der Waals surface area contributed by atoms with E-state index in [4.69, 9.17) is 16.3 Å². The number of benzene rings is 1. The van der Waals surface area contributed by atoms with Crippen LogP contribution in [-0.2, 0) is 20.9 Å². The highest BCUT2D eigenvalue weighted by atomic mass is 35.5. The molecule has 0 saturated carbocycles. The van der Waals surface area contributed by atoms with E-state index in [2.05, 4.69) is 12.4 Å². The van der Waals surface area contributed by atoms with Gasteiger partial charge < -0.3 is 24.8 Å². The van der Waals surface area contributed by atoms with Crippen molar-refractivity contribution in [2.75, 3.05) is 52.9 Å². The highest BCUT2D eigenvalue weighted by Crippen LogP contribution is 2.52. The van der Waals surface area contributed by atoms with Crippen LogP contribution in [0.2, 0.25) is 5.02 Å². The predicted molar refractivity (Wildman–Crippen MR) is 120 cm³/mol. The number of hydrogen-bond acceptors (Lipinski definition) is 3. The zero-order chi connectivity index (χ0) is 22.3. The van der Waals surface area contributed by atoms with Gasteiger partial charge in [-0.25, -0.2) is 0 Å². The minimum Gasteiger partial charge on any atom is -0.360 e. The van der Waals surface area contributed by atoms with Crippen molar-refractivity contribution in [3.63, 3.8) is 0 Å². The van der Waals surface area contributed by atoms with Crippen molar-refractivity contribution in [3.05, 3.63) is 47.0 Å². The molecule has 32 heavy (non-hydrogen) atoms. The summed E-state index contributed by atoms with van der Waals surface area (Å²) in [6.45, 7) is 7.45. The number of quaternary nitrogens is 2. The average molecular weight is 461 g/mol. The molecule has 7 nitrogen and oxygen atoms in total. The molecule has 172 valence electrons. The minimum absolute atomic E-state index is 0.0127. The molecule has 0 aromatic heterocycles. The zero-order valence-corrected chi connectivity index (χ0v) is 19.4. The molecule has 0 radical (unpaired) electrons. The van der Waals surface area contributed by atoms with Crippen LogP contribution in [0.3, 0.4) is 0 Å². The molecule has 4 aliphatic heterocycles. The van der Waals surface area contributed by atoms with Gasteiger partial charge in [-0.2, -0.15) is 0 Å². The second kappa shape index (κ2) is 8.78. The summed E-state index contributed by atoms with van der Waals surface area (Å²) in [4.78, 5) is 31.5. The smallest absolute Gasteiger partial charge is 0.230 e. The largest absolute Gasteiger partial charge is 0.360 e. The van der Waals surface area contributed by atoms with E-state index in [9.17, 15) is 9.59 Å². The number of halogens is 1. The van der Waals surface area contributed by atoms with E-state index in [1.165, 1.54) is 26.2 Å². The Morgan fingerprint density at radius 1 is 1.28 bits per heavy atom. The van der Waals surface area contributed by atoms with Gasteiger partial charge in [-0.05, 0) is 11.6 Å². The Morgan fingerprint density at radius 2 is 2.06 bits per heavy atom. The van der Waals surface area contributed by atoms with Crippen LogP contribution in [0, 0.1) is 11.8 Å². The number of likely N-dealkylation sites (N-methyl/N-ethyl adjacent to an activating group) is 1. The number of piperazine rings is 1. The van der Waals surface area contributed by atoms with Gasteiger partial charge in [0.05, 0.1) is 38.1 Å². The minimum atomic E-state index is -0.683. The average Bonchev–Trinajstić information content (AvgIpc) is 3.42. The van der Waals surface area contributed by atoms with E-state index in [0.29, 0.717) is 24.7 Å². The lowest BCUT2D eigenvalue weighted by atomic mass is 9.77. The van der Waals surface area contributed by atoms with Crippen LogP contribution in [0.25, 0.3) is 0 Å². The van der Waals surface area contributed by atoms with Crippen molar-refractivity contribution in [1.29, 1.82) is 0 Å².